The van der Waals surface area contributed by atoms with E-state index in [1.54, 1.807) is 6.07 Å². The molecule has 3 N–H and O–H groups in total. The van der Waals surface area contributed by atoms with Crippen LogP contribution in [0, 0.1) is 0 Å². The Morgan fingerprint density at radius 2 is 1.73 bits per heavy atom. The first-order valence-corrected chi connectivity index (χ1v) is 8.68. The molecule has 0 unspecified atom stereocenters. The molecule has 0 amide bonds. The lowest BCUT2D eigenvalue weighted by molar-refractivity contribution is 0.276. The molecule has 1 aromatic rings. The van der Waals surface area contributed by atoms with E-state index in [-0.39, 0.29) is 23.9 Å². The summed E-state index contributed by atoms with van der Waals surface area (Å²) in [5.74, 6) is -0.459. The zero-order valence-electron chi connectivity index (χ0n) is 12.9. The predicted octanol–water partition coefficient (Wildman–Crippen LogP) is 2.95. The number of hydrogen-bond acceptors (Lipinski definition) is 4. The molecule has 0 spiro atoms. The van der Waals surface area contributed by atoms with E-state index in [2.05, 4.69) is 23.3 Å². The minimum Gasteiger partial charge on any atom is -0.504 e. The average Bonchev–Trinajstić information content (AvgIpc) is 2.38. The molecule has 128 valence electrons. The fraction of sp³-hybridized carbons (Fsp3) is 0.571. The maximum absolute atomic E-state index is 10.8. The predicted molar refractivity (Wildman–Crippen MR) is 88.8 cm³/mol. The maximum Gasteiger partial charge on any atom is 0.524 e. The number of aromatic hydroxyl groups is 1. The fourth-order valence-corrected chi connectivity index (χ4v) is 2.59. The van der Waals surface area contributed by atoms with Crippen molar-refractivity contribution >= 4 is 20.2 Å². The smallest absolute Gasteiger partial charge is 0.504 e. The van der Waals surface area contributed by atoms with Gasteiger partial charge in [-0.25, -0.2) is 4.57 Å². The van der Waals surface area contributed by atoms with Crippen molar-refractivity contribution in [3.05, 3.63) is 23.8 Å². The summed E-state index contributed by atoms with van der Waals surface area (Å²) in [6.07, 6.45) is 2.96. The van der Waals surface area contributed by atoms with Crippen LogP contribution < -0.4 is 4.52 Å². The van der Waals surface area contributed by atoms with Crippen LogP contribution in [0.4, 0.5) is 0 Å². The van der Waals surface area contributed by atoms with Crippen molar-refractivity contribution in [2.45, 2.75) is 33.1 Å². The van der Waals surface area contributed by atoms with E-state index in [4.69, 9.17) is 9.79 Å². The molecule has 0 atom stereocenters. The molecule has 0 bridgehead atoms. The second-order valence-electron chi connectivity index (χ2n) is 4.98. The molecule has 0 fully saturated rings. The third-order valence-corrected chi connectivity index (χ3v) is 3.47. The van der Waals surface area contributed by atoms with Gasteiger partial charge in [-0.3, -0.25) is 9.79 Å². The van der Waals surface area contributed by atoms with Crippen LogP contribution in [0.15, 0.2) is 18.2 Å². The molecule has 22 heavy (non-hydrogen) atoms. The molecule has 0 aromatic heterocycles. The number of phenolic OH excluding ortho intramolecular Hbond substituents is 1. The topological polar surface area (TPSA) is 90.2 Å². The quantitative estimate of drug-likeness (QED) is 0.591. The zero-order valence-corrected chi connectivity index (χ0v) is 14.6. The number of hydrogen-bond donors (Lipinski definition) is 3. The summed E-state index contributed by atoms with van der Waals surface area (Å²) in [5, 5.41) is 9.74. The van der Waals surface area contributed by atoms with Crippen LogP contribution in [-0.4, -0.2) is 39.4 Å². The van der Waals surface area contributed by atoms with E-state index in [0.29, 0.717) is 0 Å². The van der Waals surface area contributed by atoms with Gasteiger partial charge in [0.2, 0.25) is 0 Å². The van der Waals surface area contributed by atoms with Gasteiger partial charge in [-0.2, -0.15) is 0 Å². The van der Waals surface area contributed by atoms with Gasteiger partial charge in [-0.15, -0.1) is 12.4 Å². The van der Waals surface area contributed by atoms with Crippen LogP contribution in [0.25, 0.3) is 0 Å². The molecule has 6 nitrogen and oxygen atoms in total. The van der Waals surface area contributed by atoms with E-state index in [1.807, 2.05) is 0 Å². The van der Waals surface area contributed by atoms with Crippen molar-refractivity contribution in [2.75, 3.05) is 19.6 Å². The van der Waals surface area contributed by atoms with Crippen molar-refractivity contribution in [2.24, 2.45) is 0 Å². The van der Waals surface area contributed by atoms with Crippen molar-refractivity contribution in [3.63, 3.8) is 0 Å². The highest BCUT2D eigenvalue weighted by Crippen LogP contribution is 2.41. The molecule has 0 aliphatic rings. The van der Waals surface area contributed by atoms with Crippen LogP contribution in [0.5, 0.6) is 11.5 Å². The Bertz CT molecular complexity index is 488. The summed E-state index contributed by atoms with van der Waals surface area (Å²) in [7, 11) is -4.65. The minimum atomic E-state index is -4.65. The molecular formula is C14H25ClNO5P. The summed E-state index contributed by atoms with van der Waals surface area (Å²) in [5.41, 5.74) is 0.905. The number of phosphoric acid groups is 1. The Balaban J connectivity index is 0.00000441. The Morgan fingerprint density at radius 1 is 1.14 bits per heavy atom. The third-order valence-electron chi connectivity index (χ3n) is 3.04. The summed E-state index contributed by atoms with van der Waals surface area (Å²) >= 11 is 0. The molecule has 8 heteroatoms. The van der Waals surface area contributed by atoms with Gasteiger partial charge >= 0.3 is 7.82 Å². The van der Waals surface area contributed by atoms with Gasteiger partial charge in [0.1, 0.15) is 0 Å². The van der Waals surface area contributed by atoms with Crippen molar-refractivity contribution < 1.29 is 24.0 Å². The van der Waals surface area contributed by atoms with Crippen LogP contribution in [0.1, 0.15) is 32.3 Å². The van der Waals surface area contributed by atoms with Gasteiger partial charge in [-0.1, -0.05) is 19.9 Å². The first-order chi connectivity index (χ1) is 9.85. The monoisotopic (exact) mass is 353 g/mol. The van der Waals surface area contributed by atoms with Crippen molar-refractivity contribution in [1.29, 1.82) is 0 Å². The summed E-state index contributed by atoms with van der Waals surface area (Å²) < 4.78 is 15.1. The fourth-order valence-electron chi connectivity index (χ4n) is 2.18. The van der Waals surface area contributed by atoms with Crippen LogP contribution in [0.3, 0.4) is 0 Å². The van der Waals surface area contributed by atoms with E-state index in [0.717, 1.165) is 44.5 Å². The number of benzene rings is 1. The molecule has 0 saturated carbocycles. The molecule has 0 saturated heterocycles. The second-order valence-corrected chi connectivity index (χ2v) is 6.14. The highest BCUT2D eigenvalue weighted by Gasteiger charge is 2.18. The largest absolute Gasteiger partial charge is 0.524 e. The van der Waals surface area contributed by atoms with Gasteiger partial charge < -0.3 is 14.5 Å². The van der Waals surface area contributed by atoms with E-state index in [1.165, 1.54) is 12.1 Å². The van der Waals surface area contributed by atoms with Gasteiger partial charge in [0.25, 0.3) is 0 Å². The summed E-state index contributed by atoms with van der Waals surface area (Å²) in [6.45, 7) is 7.25. The summed E-state index contributed by atoms with van der Waals surface area (Å²) in [4.78, 5) is 19.8. The van der Waals surface area contributed by atoms with E-state index >= 15 is 0 Å². The second kappa shape index (κ2) is 10.1. The first-order valence-electron chi connectivity index (χ1n) is 7.15. The van der Waals surface area contributed by atoms with Gasteiger partial charge in [0.05, 0.1) is 0 Å². The lowest BCUT2D eigenvalue weighted by Crippen LogP contribution is -2.27. The van der Waals surface area contributed by atoms with E-state index < -0.39 is 7.82 Å². The average molecular weight is 354 g/mol. The molecule has 0 aliphatic carbocycles. The highest BCUT2D eigenvalue weighted by molar-refractivity contribution is 7.46. The standard InChI is InChI=1S/C14H24NO5P.ClH/c1-3-8-15(9-4-2)10-7-12-5-6-14(13(16)11-12)20-21(17,18)19;/h5-6,11,16H,3-4,7-10H2,1-2H3,(H2,17,18,19);1H. The number of halogens is 1. The Labute approximate surface area is 137 Å². The number of rotatable bonds is 9. The van der Waals surface area contributed by atoms with Crippen molar-refractivity contribution in [1.82, 2.24) is 4.90 Å². The lowest BCUT2D eigenvalue weighted by Gasteiger charge is -2.21. The number of phosphoric ester groups is 1. The first kappa shape index (κ1) is 21.2. The Kier molecular flexibility index (Phi) is 9.72. The minimum absolute atomic E-state index is 0. The van der Waals surface area contributed by atoms with Gasteiger partial charge in [0, 0.05) is 6.54 Å². The molecule has 0 heterocycles. The van der Waals surface area contributed by atoms with E-state index in [9.17, 15) is 9.67 Å². The number of phenols is 1. The Hall–Kier alpha value is -0.780. The van der Waals surface area contributed by atoms with Crippen LogP contribution >= 0.6 is 20.2 Å². The van der Waals surface area contributed by atoms with Gasteiger partial charge in [-0.05, 0) is 50.0 Å². The van der Waals surface area contributed by atoms with Crippen LogP contribution in [0.2, 0.25) is 0 Å². The highest BCUT2D eigenvalue weighted by atomic mass is 35.5. The Morgan fingerprint density at radius 3 is 2.18 bits per heavy atom. The third kappa shape index (κ3) is 8.01. The number of nitrogens with zero attached hydrogens (tertiary/aromatic N) is 1. The van der Waals surface area contributed by atoms with Crippen molar-refractivity contribution in [3.8, 4) is 11.5 Å². The lowest BCUT2D eigenvalue weighted by atomic mass is 10.1. The summed E-state index contributed by atoms with van der Waals surface area (Å²) in [6, 6.07) is 4.58. The molecular weight excluding hydrogens is 329 g/mol. The SMILES string of the molecule is CCCN(CCC)CCc1ccc(OP(=O)(O)O)c(O)c1.Cl. The molecule has 0 radical (unpaired) electrons. The van der Waals surface area contributed by atoms with Crippen LogP contribution in [-0.2, 0) is 11.0 Å². The molecule has 1 aromatic carbocycles. The zero-order chi connectivity index (χ0) is 15.9. The van der Waals surface area contributed by atoms with Gasteiger partial charge in [0.15, 0.2) is 11.5 Å². The maximum atomic E-state index is 10.8. The molecule has 0 aliphatic heterocycles. The molecule has 1 rings (SSSR count). The normalized spacial score (nSPS) is 11.3.